The first-order valence-corrected chi connectivity index (χ1v) is 11.8. The molecule has 4 aromatic rings. The van der Waals surface area contributed by atoms with Crippen molar-refractivity contribution in [1.82, 2.24) is 34.5 Å². The molecule has 0 aliphatic carbocycles. The third-order valence-electron chi connectivity index (χ3n) is 7.24. The minimum Gasteiger partial charge on any atom is -0.496 e. The van der Waals surface area contributed by atoms with Crippen molar-refractivity contribution in [3.63, 3.8) is 0 Å². The third-order valence-corrected chi connectivity index (χ3v) is 7.24. The lowest BCUT2D eigenvalue weighted by Crippen LogP contribution is -2.55. The second-order valence-corrected chi connectivity index (χ2v) is 9.21. The first-order valence-electron chi connectivity index (χ1n) is 11.8. The summed E-state index contributed by atoms with van der Waals surface area (Å²) in [4.78, 5) is 16.8. The SMILES string of the molecule is COc1cccc(F)c1CN1CCC(N2CC(n3cc(-c4ncnc5[nH]ccc45)cn3)C2)CC1. The number of hydrogen-bond acceptors (Lipinski definition) is 6. The van der Waals surface area contributed by atoms with Gasteiger partial charge in [-0.25, -0.2) is 14.4 Å². The van der Waals surface area contributed by atoms with Crippen molar-refractivity contribution in [2.75, 3.05) is 33.3 Å². The number of aromatic amines is 1. The van der Waals surface area contributed by atoms with E-state index in [9.17, 15) is 4.39 Å². The molecule has 3 aromatic heterocycles. The maximum Gasteiger partial charge on any atom is 0.141 e. The number of halogens is 1. The van der Waals surface area contributed by atoms with Crippen molar-refractivity contribution in [3.05, 3.63) is 60.6 Å². The molecule has 5 heterocycles. The van der Waals surface area contributed by atoms with Gasteiger partial charge in [-0.15, -0.1) is 0 Å². The fourth-order valence-corrected chi connectivity index (χ4v) is 5.27. The number of ether oxygens (including phenoxy) is 1. The van der Waals surface area contributed by atoms with E-state index < -0.39 is 0 Å². The molecule has 0 amide bonds. The summed E-state index contributed by atoms with van der Waals surface area (Å²) < 4.78 is 21.7. The van der Waals surface area contributed by atoms with Gasteiger partial charge in [0.2, 0.25) is 0 Å². The maximum atomic E-state index is 14.3. The van der Waals surface area contributed by atoms with Crippen molar-refractivity contribution in [1.29, 1.82) is 0 Å². The molecule has 176 valence electrons. The number of aromatic nitrogens is 5. The van der Waals surface area contributed by atoms with Crippen LogP contribution in [0.25, 0.3) is 22.3 Å². The van der Waals surface area contributed by atoms with Gasteiger partial charge in [-0.1, -0.05) is 6.07 Å². The van der Waals surface area contributed by atoms with Crippen LogP contribution in [0.5, 0.6) is 5.75 Å². The Kier molecular flexibility index (Phi) is 5.50. The van der Waals surface area contributed by atoms with Crippen LogP contribution >= 0.6 is 0 Å². The number of hydrogen-bond donors (Lipinski definition) is 1. The smallest absolute Gasteiger partial charge is 0.141 e. The van der Waals surface area contributed by atoms with E-state index in [1.165, 1.54) is 6.07 Å². The Morgan fingerprint density at radius 1 is 1.12 bits per heavy atom. The van der Waals surface area contributed by atoms with Crippen LogP contribution < -0.4 is 4.74 Å². The van der Waals surface area contributed by atoms with Gasteiger partial charge in [0, 0.05) is 54.6 Å². The summed E-state index contributed by atoms with van der Waals surface area (Å²) in [6, 6.07) is 8.00. The highest BCUT2D eigenvalue weighted by Gasteiger charge is 2.35. The summed E-state index contributed by atoms with van der Waals surface area (Å²) >= 11 is 0. The number of nitrogens with zero attached hydrogens (tertiary/aromatic N) is 6. The second-order valence-electron chi connectivity index (χ2n) is 9.21. The highest BCUT2D eigenvalue weighted by Crippen LogP contribution is 2.31. The van der Waals surface area contributed by atoms with Crippen LogP contribution in [-0.2, 0) is 6.54 Å². The van der Waals surface area contributed by atoms with Gasteiger partial charge >= 0.3 is 0 Å². The molecule has 2 aliphatic rings. The highest BCUT2D eigenvalue weighted by atomic mass is 19.1. The first kappa shape index (κ1) is 21.2. The molecule has 6 rings (SSSR count). The minimum absolute atomic E-state index is 0.190. The van der Waals surface area contributed by atoms with Crippen LogP contribution in [0.15, 0.2) is 49.2 Å². The van der Waals surface area contributed by atoms with Gasteiger partial charge in [-0.3, -0.25) is 14.5 Å². The molecule has 2 fully saturated rings. The maximum absolute atomic E-state index is 14.3. The van der Waals surface area contributed by atoms with Crippen LogP contribution in [0.4, 0.5) is 4.39 Å². The highest BCUT2D eigenvalue weighted by molar-refractivity contribution is 5.89. The number of likely N-dealkylation sites (tertiary alicyclic amines) is 2. The molecular weight excluding hydrogens is 433 g/mol. The van der Waals surface area contributed by atoms with Crippen molar-refractivity contribution in [2.24, 2.45) is 0 Å². The topological polar surface area (TPSA) is 75.1 Å². The Labute approximate surface area is 197 Å². The van der Waals surface area contributed by atoms with E-state index in [2.05, 4.69) is 40.7 Å². The number of H-pyrrole nitrogens is 1. The van der Waals surface area contributed by atoms with Gasteiger partial charge in [0.05, 0.1) is 25.0 Å². The molecule has 0 saturated carbocycles. The van der Waals surface area contributed by atoms with Crippen LogP contribution in [0.3, 0.4) is 0 Å². The van der Waals surface area contributed by atoms with E-state index in [-0.39, 0.29) is 5.82 Å². The predicted molar refractivity (Wildman–Crippen MR) is 127 cm³/mol. The zero-order valence-corrected chi connectivity index (χ0v) is 19.2. The molecule has 9 heteroatoms. The number of piperidine rings is 1. The zero-order chi connectivity index (χ0) is 23.1. The molecule has 34 heavy (non-hydrogen) atoms. The zero-order valence-electron chi connectivity index (χ0n) is 19.2. The van der Waals surface area contributed by atoms with E-state index in [0.29, 0.717) is 29.9 Å². The first-order chi connectivity index (χ1) is 16.7. The molecule has 0 spiro atoms. The summed E-state index contributed by atoms with van der Waals surface area (Å²) in [5, 5.41) is 5.64. The van der Waals surface area contributed by atoms with E-state index >= 15 is 0 Å². The third kappa shape index (κ3) is 3.84. The summed E-state index contributed by atoms with van der Waals surface area (Å²) in [6.45, 7) is 4.55. The largest absolute Gasteiger partial charge is 0.496 e. The minimum atomic E-state index is -0.190. The molecule has 1 N–H and O–H groups in total. The average molecular weight is 462 g/mol. The van der Waals surface area contributed by atoms with Crippen molar-refractivity contribution in [3.8, 4) is 17.0 Å². The molecule has 0 radical (unpaired) electrons. The lowest BCUT2D eigenvalue weighted by Gasteiger charge is -2.47. The second kappa shape index (κ2) is 8.81. The number of nitrogens with one attached hydrogen (secondary N) is 1. The number of rotatable bonds is 6. The van der Waals surface area contributed by atoms with Crippen molar-refractivity contribution < 1.29 is 9.13 Å². The van der Waals surface area contributed by atoms with Gasteiger partial charge in [-0.05, 0) is 44.1 Å². The summed E-state index contributed by atoms with van der Waals surface area (Å²) in [6.07, 6.45) is 9.66. The Bertz CT molecular complexity index is 1290. The molecule has 8 nitrogen and oxygen atoms in total. The van der Waals surface area contributed by atoms with Crippen molar-refractivity contribution in [2.45, 2.75) is 31.5 Å². The Hall–Kier alpha value is -3.30. The van der Waals surface area contributed by atoms with Gasteiger partial charge in [0.1, 0.15) is 23.5 Å². The van der Waals surface area contributed by atoms with Gasteiger partial charge in [0.15, 0.2) is 0 Å². The van der Waals surface area contributed by atoms with Crippen LogP contribution in [0.2, 0.25) is 0 Å². The Morgan fingerprint density at radius 2 is 1.97 bits per heavy atom. The average Bonchev–Trinajstić information content (AvgIpc) is 3.50. The molecule has 1 aromatic carbocycles. The van der Waals surface area contributed by atoms with Gasteiger partial charge in [0.25, 0.3) is 0 Å². The van der Waals surface area contributed by atoms with Crippen LogP contribution in [0.1, 0.15) is 24.4 Å². The van der Waals surface area contributed by atoms with Gasteiger partial charge < -0.3 is 9.72 Å². The van der Waals surface area contributed by atoms with Crippen LogP contribution in [-0.4, -0.2) is 73.9 Å². The monoisotopic (exact) mass is 461 g/mol. The Morgan fingerprint density at radius 3 is 2.79 bits per heavy atom. The summed E-state index contributed by atoms with van der Waals surface area (Å²) in [5.41, 5.74) is 3.42. The Balaban J connectivity index is 1.04. The standard InChI is InChI=1S/C25H28FN7O/c1-34-23-4-2-3-22(26)21(23)15-31-9-6-18(7-10-31)32-13-19(14-32)33-12-17(11-30-33)24-20-5-8-27-25(20)29-16-28-24/h2-5,8,11-12,16,18-19H,6-7,9-10,13-15H2,1H3,(H,27,28,29). The predicted octanol–water partition coefficient (Wildman–Crippen LogP) is 3.49. The van der Waals surface area contributed by atoms with E-state index in [1.54, 1.807) is 19.5 Å². The fraction of sp³-hybridized carbons (Fsp3) is 0.400. The molecule has 2 saturated heterocycles. The number of benzene rings is 1. The normalized spacial score (nSPS) is 18.4. The molecule has 0 bridgehead atoms. The number of fused-ring (bicyclic) bond motifs is 1. The van der Waals surface area contributed by atoms with Gasteiger partial charge in [-0.2, -0.15) is 5.10 Å². The summed E-state index contributed by atoms with van der Waals surface area (Å²) in [5.74, 6) is 0.440. The fourth-order valence-electron chi connectivity index (χ4n) is 5.27. The lowest BCUT2D eigenvalue weighted by molar-refractivity contribution is 0.0189. The lowest BCUT2D eigenvalue weighted by atomic mass is 9.97. The van der Waals surface area contributed by atoms with E-state index in [1.807, 2.05) is 24.5 Å². The molecule has 2 aliphatic heterocycles. The molecule has 0 unspecified atom stereocenters. The van der Waals surface area contributed by atoms with Crippen molar-refractivity contribution >= 4 is 11.0 Å². The summed E-state index contributed by atoms with van der Waals surface area (Å²) in [7, 11) is 1.60. The van der Waals surface area contributed by atoms with E-state index in [4.69, 9.17) is 4.74 Å². The van der Waals surface area contributed by atoms with E-state index in [0.717, 1.165) is 61.3 Å². The van der Waals surface area contributed by atoms with Crippen LogP contribution in [0, 0.1) is 5.82 Å². The quantitative estimate of drug-likeness (QED) is 0.474. The molecular formula is C25H28FN7O. The number of methoxy groups -OCH3 is 1. The molecule has 0 atom stereocenters.